The molecule has 0 spiro atoms. The largest absolute Gasteiger partial charge is 0.497 e. The van der Waals surface area contributed by atoms with E-state index in [1.165, 1.54) is 24.8 Å². The Labute approximate surface area is 117 Å². The molecule has 1 N–H and O–H groups in total. The third-order valence-corrected chi connectivity index (χ3v) is 4.64. The summed E-state index contributed by atoms with van der Waals surface area (Å²) in [6.07, 6.45) is 4.03. The van der Waals surface area contributed by atoms with E-state index in [9.17, 15) is 0 Å². The molecule has 1 fully saturated rings. The van der Waals surface area contributed by atoms with Crippen molar-refractivity contribution in [2.75, 3.05) is 13.7 Å². The summed E-state index contributed by atoms with van der Waals surface area (Å²) < 4.78 is 5.25. The molecule has 0 heterocycles. The van der Waals surface area contributed by atoms with E-state index in [0.717, 1.165) is 18.2 Å². The van der Waals surface area contributed by atoms with Gasteiger partial charge in [0.2, 0.25) is 0 Å². The maximum Gasteiger partial charge on any atom is 0.118 e. The number of ether oxygens (including phenoxy) is 1. The standard InChI is InChI=1S/C17H27NO/c1-5-18-16(15-7-6-12-17(15,2)3)13-8-10-14(19-4)11-9-13/h8-11,15-16,18H,5-7,12H2,1-4H3. The van der Waals surface area contributed by atoms with Gasteiger partial charge in [-0.15, -0.1) is 0 Å². The molecule has 1 aromatic rings. The van der Waals surface area contributed by atoms with E-state index in [-0.39, 0.29) is 0 Å². The van der Waals surface area contributed by atoms with Crippen LogP contribution in [0, 0.1) is 11.3 Å². The van der Waals surface area contributed by atoms with E-state index in [1.807, 2.05) is 0 Å². The number of rotatable bonds is 5. The topological polar surface area (TPSA) is 21.3 Å². The normalized spacial score (nSPS) is 23.3. The lowest BCUT2D eigenvalue weighted by molar-refractivity contribution is 0.199. The van der Waals surface area contributed by atoms with E-state index in [4.69, 9.17) is 4.74 Å². The molecule has 1 aromatic carbocycles. The highest BCUT2D eigenvalue weighted by Gasteiger charge is 2.39. The lowest BCUT2D eigenvalue weighted by atomic mass is 9.75. The average molecular weight is 261 g/mol. The molecule has 1 aliphatic rings. The van der Waals surface area contributed by atoms with Crippen molar-refractivity contribution in [3.63, 3.8) is 0 Å². The lowest BCUT2D eigenvalue weighted by Crippen LogP contribution is -2.33. The molecule has 2 unspecified atom stereocenters. The molecular weight excluding hydrogens is 234 g/mol. The first kappa shape index (κ1) is 14.4. The van der Waals surface area contributed by atoms with Crippen LogP contribution in [0.5, 0.6) is 5.75 Å². The molecule has 0 saturated heterocycles. The minimum Gasteiger partial charge on any atom is -0.497 e. The second-order valence-electron chi connectivity index (χ2n) is 6.30. The molecule has 19 heavy (non-hydrogen) atoms. The SMILES string of the molecule is CCNC(c1ccc(OC)cc1)C1CCCC1(C)C. The molecule has 0 aromatic heterocycles. The van der Waals surface area contributed by atoms with Gasteiger partial charge < -0.3 is 10.1 Å². The summed E-state index contributed by atoms with van der Waals surface area (Å²) in [4.78, 5) is 0. The van der Waals surface area contributed by atoms with Crippen molar-refractivity contribution in [3.8, 4) is 5.75 Å². The molecule has 0 amide bonds. The smallest absolute Gasteiger partial charge is 0.118 e. The number of methoxy groups -OCH3 is 1. The monoisotopic (exact) mass is 261 g/mol. The van der Waals surface area contributed by atoms with Crippen LogP contribution in [0.2, 0.25) is 0 Å². The maximum atomic E-state index is 5.25. The summed E-state index contributed by atoms with van der Waals surface area (Å²) in [7, 11) is 1.72. The van der Waals surface area contributed by atoms with Crippen molar-refractivity contribution in [2.24, 2.45) is 11.3 Å². The van der Waals surface area contributed by atoms with Gasteiger partial charge in [0.25, 0.3) is 0 Å². The van der Waals surface area contributed by atoms with Crippen molar-refractivity contribution in [2.45, 2.75) is 46.1 Å². The second kappa shape index (κ2) is 5.96. The van der Waals surface area contributed by atoms with Crippen LogP contribution < -0.4 is 10.1 Å². The van der Waals surface area contributed by atoms with Gasteiger partial charge in [0, 0.05) is 6.04 Å². The Balaban J connectivity index is 2.23. The maximum absolute atomic E-state index is 5.25. The molecule has 2 atom stereocenters. The van der Waals surface area contributed by atoms with Crippen LogP contribution in [-0.2, 0) is 0 Å². The molecule has 1 aliphatic carbocycles. The molecular formula is C17H27NO. The lowest BCUT2D eigenvalue weighted by Gasteiger charge is -2.35. The Bertz CT molecular complexity index is 396. The van der Waals surface area contributed by atoms with Crippen LogP contribution in [0.1, 0.15) is 51.6 Å². The summed E-state index contributed by atoms with van der Waals surface area (Å²) in [5, 5.41) is 3.69. The van der Waals surface area contributed by atoms with Crippen molar-refractivity contribution in [3.05, 3.63) is 29.8 Å². The minimum atomic E-state index is 0.437. The molecule has 2 nitrogen and oxygen atoms in total. The number of hydrogen-bond acceptors (Lipinski definition) is 2. The Morgan fingerprint density at radius 3 is 2.47 bits per heavy atom. The third-order valence-electron chi connectivity index (χ3n) is 4.64. The minimum absolute atomic E-state index is 0.437. The first-order chi connectivity index (χ1) is 9.08. The first-order valence-electron chi connectivity index (χ1n) is 7.46. The van der Waals surface area contributed by atoms with E-state index in [2.05, 4.69) is 50.4 Å². The zero-order chi connectivity index (χ0) is 13.9. The van der Waals surface area contributed by atoms with E-state index in [1.54, 1.807) is 7.11 Å². The van der Waals surface area contributed by atoms with Crippen LogP contribution in [0.4, 0.5) is 0 Å². The van der Waals surface area contributed by atoms with E-state index < -0.39 is 0 Å². The first-order valence-corrected chi connectivity index (χ1v) is 7.46. The van der Waals surface area contributed by atoms with Crippen LogP contribution in [0.25, 0.3) is 0 Å². The van der Waals surface area contributed by atoms with Gasteiger partial charge in [-0.3, -0.25) is 0 Å². The summed E-state index contributed by atoms with van der Waals surface area (Å²) in [6.45, 7) is 8.04. The molecule has 106 valence electrons. The van der Waals surface area contributed by atoms with E-state index in [0.29, 0.717) is 11.5 Å². The van der Waals surface area contributed by atoms with Crippen LogP contribution in [0.3, 0.4) is 0 Å². The highest BCUT2D eigenvalue weighted by atomic mass is 16.5. The Hall–Kier alpha value is -1.02. The zero-order valence-electron chi connectivity index (χ0n) is 12.7. The van der Waals surface area contributed by atoms with Gasteiger partial charge >= 0.3 is 0 Å². The summed E-state index contributed by atoms with van der Waals surface area (Å²) >= 11 is 0. The van der Waals surface area contributed by atoms with Gasteiger partial charge in [0.05, 0.1) is 7.11 Å². The second-order valence-corrected chi connectivity index (χ2v) is 6.30. The molecule has 0 bridgehead atoms. The van der Waals surface area contributed by atoms with Crippen molar-refractivity contribution in [1.82, 2.24) is 5.32 Å². The Morgan fingerprint density at radius 1 is 1.32 bits per heavy atom. The number of nitrogens with one attached hydrogen (secondary N) is 1. The predicted octanol–water partition coefficient (Wildman–Crippen LogP) is 4.17. The quantitative estimate of drug-likeness (QED) is 0.859. The molecule has 1 saturated carbocycles. The fraction of sp³-hybridized carbons (Fsp3) is 0.647. The van der Waals surface area contributed by atoms with Gasteiger partial charge in [0.15, 0.2) is 0 Å². The average Bonchev–Trinajstić information content (AvgIpc) is 2.76. The van der Waals surface area contributed by atoms with Gasteiger partial charge in [-0.2, -0.15) is 0 Å². The van der Waals surface area contributed by atoms with E-state index >= 15 is 0 Å². The van der Waals surface area contributed by atoms with Gasteiger partial charge in [-0.1, -0.05) is 39.3 Å². The summed E-state index contributed by atoms with van der Waals surface area (Å²) in [6, 6.07) is 9.03. The van der Waals surface area contributed by atoms with Gasteiger partial charge in [-0.25, -0.2) is 0 Å². The Morgan fingerprint density at radius 2 is 2.00 bits per heavy atom. The zero-order valence-corrected chi connectivity index (χ0v) is 12.7. The fourth-order valence-corrected chi connectivity index (χ4v) is 3.50. The molecule has 2 heteroatoms. The van der Waals surface area contributed by atoms with Gasteiger partial charge in [-0.05, 0) is 48.4 Å². The predicted molar refractivity (Wildman–Crippen MR) is 80.5 cm³/mol. The Kier molecular flexibility index (Phi) is 4.51. The van der Waals surface area contributed by atoms with Crippen molar-refractivity contribution < 1.29 is 4.74 Å². The van der Waals surface area contributed by atoms with Crippen LogP contribution >= 0.6 is 0 Å². The number of hydrogen-bond donors (Lipinski definition) is 1. The van der Waals surface area contributed by atoms with Crippen molar-refractivity contribution >= 4 is 0 Å². The fourth-order valence-electron chi connectivity index (χ4n) is 3.50. The van der Waals surface area contributed by atoms with Gasteiger partial charge in [0.1, 0.15) is 5.75 Å². The van der Waals surface area contributed by atoms with Crippen molar-refractivity contribution in [1.29, 1.82) is 0 Å². The third kappa shape index (κ3) is 3.11. The highest BCUT2D eigenvalue weighted by molar-refractivity contribution is 5.30. The number of benzene rings is 1. The van der Waals surface area contributed by atoms with Crippen LogP contribution in [-0.4, -0.2) is 13.7 Å². The van der Waals surface area contributed by atoms with Crippen LogP contribution in [0.15, 0.2) is 24.3 Å². The summed E-state index contributed by atoms with van der Waals surface area (Å²) in [5.74, 6) is 1.66. The highest BCUT2D eigenvalue weighted by Crippen LogP contribution is 2.48. The molecule has 2 rings (SSSR count). The molecule has 0 aliphatic heterocycles. The molecule has 0 radical (unpaired) electrons. The summed E-state index contributed by atoms with van der Waals surface area (Å²) in [5.41, 5.74) is 1.83.